The molecule has 198 valence electrons. The standard InChI is InChI=1S/C25H51O7P/c1-3-5-6-7-8-9-10-11-12-13-14-15-16-17-18-19-21-31-24(26)20-22-32-33(28,29)23-25(27)30-4-2/h24,26H,3-23H2,1-2H3,(H,28,29). The number of carbonyl (C=O) groups excluding carboxylic acids is 1. The molecule has 0 rings (SSSR count). The summed E-state index contributed by atoms with van der Waals surface area (Å²) >= 11 is 0. The molecule has 0 heterocycles. The lowest BCUT2D eigenvalue weighted by Gasteiger charge is -2.14. The highest BCUT2D eigenvalue weighted by Gasteiger charge is 2.25. The van der Waals surface area contributed by atoms with E-state index in [1.807, 2.05) is 0 Å². The maximum atomic E-state index is 11.7. The predicted molar refractivity (Wildman–Crippen MR) is 133 cm³/mol. The summed E-state index contributed by atoms with van der Waals surface area (Å²) in [7, 11) is -4.04. The average Bonchev–Trinajstić information content (AvgIpc) is 2.75. The third kappa shape index (κ3) is 24.5. The molecule has 2 atom stereocenters. The van der Waals surface area contributed by atoms with Gasteiger partial charge in [-0.15, -0.1) is 0 Å². The zero-order chi connectivity index (χ0) is 24.6. The molecular weight excluding hydrogens is 443 g/mol. The van der Waals surface area contributed by atoms with Crippen molar-refractivity contribution in [3.63, 3.8) is 0 Å². The molecule has 0 aromatic rings. The minimum Gasteiger partial charge on any atom is -0.466 e. The molecule has 0 bridgehead atoms. The van der Waals surface area contributed by atoms with Crippen molar-refractivity contribution in [2.45, 2.75) is 129 Å². The third-order valence-electron chi connectivity index (χ3n) is 5.60. The molecular formula is C25H51O7P. The Bertz CT molecular complexity index is 487. The van der Waals surface area contributed by atoms with Crippen molar-refractivity contribution in [3.8, 4) is 0 Å². The van der Waals surface area contributed by atoms with Gasteiger partial charge in [-0.05, 0) is 13.3 Å². The molecule has 0 aliphatic rings. The monoisotopic (exact) mass is 494 g/mol. The van der Waals surface area contributed by atoms with Gasteiger partial charge in [0.25, 0.3) is 0 Å². The molecule has 0 aliphatic carbocycles. The summed E-state index contributed by atoms with van der Waals surface area (Å²) in [4.78, 5) is 20.8. The molecule has 0 radical (unpaired) electrons. The molecule has 0 aromatic carbocycles. The number of hydrogen-bond donors (Lipinski definition) is 2. The highest BCUT2D eigenvalue weighted by molar-refractivity contribution is 7.53. The minimum absolute atomic E-state index is 0.0756. The first-order chi connectivity index (χ1) is 15.9. The number of carbonyl (C=O) groups is 1. The Morgan fingerprint density at radius 2 is 1.21 bits per heavy atom. The lowest BCUT2D eigenvalue weighted by Crippen LogP contribution is -2.16. The Morgan fingerprint density at radius 1 is 0.758 bits per heavy atom. The van der Waals surface area contributed by atoms with Gasteiger partial charge >= 0.3 is 13.6 Å². The lowest BCUT2D eigenvalue weighted by atomic mass is 10.0. The van der Waals surface area contributed by atoms with Crippen molar-refractivity contribution < 1.29 is 33.4 Å². The molecule has 0 saturated heterocycles. The molecule has 0 saturated carbocycles. The summed E-state index contributed by atoms with van der Waals surface area (Å²) in [6.45, 7) is 4.32. The fourth-order valence-corrected chi connectivity index (χ4v) is 4.56. The second-order valence-corrected chi connectivity index (χ2v) is 10.7. The summed E-state index contributed by atoms with van der Waals surface area (Å²) in [6, 6.07) is 0. The molecule has 33 heavy (non-hydrogen) atoms. The molecule has 0 aromatic heterocycles. The molecule has 0 amide bonds. The van der Waals surface area contributed by atoms with E-state index in [-0.39, 0.29) is 19.6 Å². The minimum atomic E-state index is -4.04. The van der Waals surface area contributed by atoms with Crippen LogP contribution in [-0.2, 0) is 23.4 Å². The van der Waals surface area contributed by atoms with Gasteiger partial charge in [0.05, 0.1) is 13.2 Å². The molecule has 0 fully saturated rings. The number of ether oxygens (including phenoxy) is 2. The first-order valence-electron chi connectivity index (χ1n) is 13.3. The van der Waals surface area contributed by atoms with Gasteiger partial charge in [0.15, 0.2) is 6.29 Å². The van der Waals surface area contributed by atoms with Crippen LogP contribution in [0.2, 0.25) is 0 Å². The fourth-order valence-electron chi connectivity index (χ4n) is 3.66. The van der Waals surface area contributed by atoms with Gasteiger partial charge in [-0.25, -0.2) is 0 Å². The van der Waals surface area contributed by atoms with Crippen molar-refractivity contribution >= 4 is 13.6 Å². The van der Waals surface area contributed by atoms with Crippen LogP contribution >= 0.6 is 7.60 Å². The maximum Gasteiger partial charge on any atom is 0.339 e. The zero-order valence-electron chi connectivity index (χ0n) is 21.3. The number of unbranched alkanes of at least 4 members (excludes halogenated alkanes) is 15. The Hall–Kier alpha value is -0.460. The first-order valence-corrected chi connectivity index (χ1v) is 15.1. The van der Waals surface area contributed by atoms with Crippen LogP contribution in [0, 0.1) is 0 Å². The van der Waals surface area contributed by atoms with Gasteiger partial charge in [0, 0.05) is 13.0 Å². The van der Waals surface area contributed by atoms with Crippen LogP contribution < -0.4 is 0 Å². The Labute approximate surface area is 202 Å². The van der Waals surface area contributed by atoms with Crippen LogP contribution in [0.25, 0.3) is 0 Å². The van der Waals surface area contributed by atoms with Crippen molar-refractivity contribution in [2.75, 3.05) is 26.0 Å². The van der Waals surface area contributed by atoms with Crippen LogP contribution in [0.4, 0.5) is 0 Å². The van der Waals surface area contributed by atoms with E-state index in [1.165, 1.54) is 89.9 Å². The number of rotatable bonds is 25. The van der Waals surface area contributed by atoms with Crippen LogP contribution in [-0.4, -0.2) is 48.2 Å². The topological polar surface area (TPSA) is 102 Å². The van der Waals surface area contributed by atoms with Gasteiger partial charge in [-0.2, -0.15) is 0 Å². The van der Waals surface area contributed by atoms with Gasteiger partial charge in [-0.3, -0.25) is 9.36 Å². The summed E-state index contributed by atoms with van der Waals surface area (Å²) < 4.78 is 26.5. The largest absolute Gasteiger partial charge is 0.466 e. The molecule has 0 aliphatic heterocycles. The highest BCUT2D eigenvalue weighted by Crippen LogP contribution is 2.41. The second-order valence-electron chi connectivity index (χ2n) is 8.85. The van der Waals surface area contributed by atoms with Crippen LogP contribution in [0.5, 0.6) is 0 Å². The van der Waals surface area contributed by atoms with E-state index in [9.17, 15) is 19.4 Å². The Balaban J connectivity index is 3.36. The smallest absolute Gasteiger partial charge is 0.339 e. The summed E-state index contributed by atoms with van der Waals surface area (Å²) in [5, 5.41) is 9.77. The number of hydrogen-bond acceptors (Lipinski definition) is 6. The van der Waals surface area contributed by atoms with E-state index < -0.39 is 26.0 Å². The van der Waals surface area contributed by atoms with E-state index in [0.717, 1.165) is 12.8 Å². The van der Waals surface area contributed by atoms with Gasteiger partial charge in [-0.1, -0.05) is 103 Å². The summed E-state index contributed by atoms with van der Waals surface area (Å²) in [5.41, 5.74) is 0. The Morgan fingerprint density at radius 3 is 1.67 bits per heavy atom. The SMILES string of the molecule is CCCCCCCCCCCCCCCCCCOC(O)CCOP(=O)(O)CC(=O)OCC. The molecule has 2 unspecified atom stereocenters. The van der Waals surface area contributed by atoms with E-state index in [2.05, 4.69) is 11.7 Å². The van der Waals surface area contributed by atoms with E-state index >= 15 is 0 Å². The second kappa shape index (κ2) is 23.3. The molecule has 0 spiro atoms. The number of esters is 1. The van der Waals surface area contributed by atoms with E-state index in [1.54, 1.807) is 6.92 Å². The average molecular weight is 495 g/mol. The van der Waals surface area contributed by atoms with Crippen LogP contribution in [0.3, 0.4) is 0 Å². The maximum absolute atomic E-state index is 11.7. The van der Waals surface area contributed by atoms with E-state index in [4.69, 9.17) is 9.26 Å². The molecule has 8 heteroatoms. The van der Waals surface area contributed by atoms with Gasteiger partial charge in [0.1, 0.15) is 6.16 Å². The summed E-state index contributed by atoms with van der Waals surface area (Å²) in [5.74, 6) is -0.774. The van der Waals surface area contributed by atoms with E-state index in [0.29, 0.717) is 6.61 Å². The van der Waals surface area contributed by atoms with Crippen molar-refractivity contribution in [2.24, 2.45) is 0 Å². The number of aliphatic hydroxyl groups excluding tert-OH is 1. The first kappa shape index (κ1) is 32.5. The van der Waals surface area contributed by atoms with Crippen molar-refractivity contribution in [3.05, 3.63) is 0 Å². The third-order valence-corrected chi connectivity index (χ3v) is 6.84. The fraction of sp³-hybridized carbons (Fsp3) is 0.960. The van der Waals surface area contributed by atoms with Crippen molar-refractivity contribution in [1.29, 1.82) is 0 Å². The number of aliphatic hydroxyl groups is 1. The lowest BCUT2D eigenvalue weighted by molar-refractivity contribution is -0.140. The van der Waals surface area contributed by atoms with Crippen LogP contribution in [0.1, 0.15) is 123 Å². The highest BCUT2D eigenvalue weighted by atomic mass is 31.2. The van der Waals surface area contributed by atoms with Crippen molar-refractivity contribution in [1.82, 2.24) is 0 Å². The van der Waals surface area contributed by atoms with Gasteiger partial charge in [0.2, 0.25) is 0 Å². The van der Waals surface area contributed by atoms with Gasteiger partial charge < -0.3 is 24.0 Å². The zero-order valence-corrected chi connectivity index (χ0v) is 22.2. The predicted octanol–water partition coefficient (Wildman–Crippen LogP) is 6.74. The summed E-state index contributed by atoms with van der Waals surface area (Å²) in [6.07, 6.45) is 19.3. The normalized spacial score (nSPS) is 14.2. The quantitative estimate of drug-likeness (QED) is 0.0627. The van der Waals surface area contributed by atoms with Crippen LogP contribution in [0.15, 0.2) is 0 Å². The Kier molecular flexibility index (Phi) is 23.0. The molecule has 7 nitrogen and oxygen atoms in total. The molecule has 2 N–H and O–H groups in total.